The van der Waals surface area contributed by atoms with Crippen LogP contribution in [0.25, 0.3) is 0 Å². The summed E-state index contributed by atoms with van der Waals surface area (Å²) < 4.78 is 7.12. The highest BCUT2D eigenvalue weighted by atomic mass is 127. The fraction of sp³-hybridized carbons (Fsp3) is 0.100. The molecule has 0 aliphatic carbocycles. The van der Waals surface area contributed by atoms with Gasteiger partial charge in [-0.3, -0.25) is 5.32 Å². The van der Waals surface area contributed by atoms with E-state index in [2.05, 4.69) is 73.1 Å². The third-order valence-corrected chi connectivity index (χ3v) is 6.09. The lowest BCUT2D eigenvalue weighted by Crippen LogP contribution is -2.14. The molecule has 1 N–H and O–H groups in total. The first-order valence-electron chi connectivity index (χ1n) is 4.38. The van der Waals surface area contributed by atoms with Crippen molar-refractivity contribution in [2.75, 3.05) is 11.9 Å². The van der Waals surface area contributed by atoms with Crippen LogP contribution in [0.3, 0.4) is 0 Å². The number of carbonyl (C=O) groups excluding carboxylic acids is 1. The Kier molecular flexibility index (Phi) is 7.42. The lowest BCUT2D eigenvalue weighted by molar-refractivity contribution is 0.174. The van der Waals surface area contributed by atoms with Gasteiger partial charge in [0, 0.05) is 14.3 Å². The quantitative estimate of drug-likeness (QED) is 0.483. The summed E-state index contributed by atoms with van der Waals surface area (Å²) in [6.45, 7) is 0.279. The summed E-state index contributed by atoms with van der Waals surface area (Å²) in [6, 6.07) is 6.84. The van der Waals surface area contributed by atoms with Crippen LogP contribution in [0.2, 0.25) is 5.02 Å². The summed E-state index contributed by atoms with van der Waals surface area (Å²) in [4.78, 5) is 11.4. The minimum absolute atomic E-state index is 0.279. The average molecular weight is 589 g/mol. The van der Waals surface area contributed by atoms with E-state index in [4.69, 9.17) is 16.3 Å². The summed E-state index contributed by atoms with van der Waals surface area (Å²) in [5.41, 5.74) is 0.655. The summed E-state index contributed by atoms with van der Waals surface area (Å²) >= 11 is 12.2. The Morgan fingerprint density at radius 3 is 2.35 bits per heavy atom. The molecule has 0 spiro atoms. The van der Waals surface area contributed by atoms with Gasteiger partial charge in [0.1, 0.15) is 6.61 Å². The van der Waals surface area contributed by atoms with Crippen molar-refractivity contribution in [1.82, 2.24) is 0 Å². The van der Waals surface area contributed by atoms with E-state index >= 15 is 0 Å². The standard InChI is InChI=1S/C10H7ClI3NO2/c11-6-1-3-7(4-2-6)15-10(16)17-5-8(12)9(13)14/h1-4H,5H2,(H,15,16). The molecule has 1 rings (SSSR count). The Bertz CT molecular complexity index is 430. The lowest BCUT2D eigenvalue weighted by atomic mass is 10.3. The van der Waals surface area contributed by atoms with Crippen molar-refractivity contribution in [2.45, 2.75) is 0 Å². The molecule has 1 aromatic rings. The normalized spacial score (nSPS) is 9.65. The van der Waals surface area contributed by atoms with E-state index in [1.807, 2.05) is 0 Å². The molecule has 0 atom stereocenters. The minimum atomic E-state index is -0.476. The monoisotopic (exact) mass is 589 g/mol. The van der Waals surface area contributed by atoms with Crippen LogP contribution in [0, 0.1) is 0 Å². The molecule has 0 bridgehead atoms. The molecule has 0 aliphatic rings. The van der Waals surface area contributed by atoms with Crippen molar-refractivity contribution in [3.05, 3.63) is 34.5 Å². The maximum atomic E-state index is 11.4. The van der Waals surface area contributed by atoms with Crippen molar-refractivity contribution in [2.24, 2.45) is 0 Å². The lowest BCUT2D eigenvalue weighted by Gasteiger charge is -2.06. The van der Waals surface area contributed by atoms with Gasteiger partial charge in [0.25, 0.3) is 0 Å². The Labute approximate surface area is 145 Å². The van der Waals surface area contributed by atoms with Crippen LogP contribution in [0.15, 0.2) is 29.4 Å². The fourth-order valence-corrected chi connectivity index (χ4v) is 1.46. The van der Waals surface area contributed by atoms with E-state index in [9.17, 15) is 4.79 Å². The molecular formula is C10H7ClI3NO2. The first-order chi connectivity index (χ1) is 7.99. The topological polar surface area (TPSA) is 38.3 Å². The second-order valence-corrected chi connectivity index (χ2v) is 8.83. The second kappa shape index (κ2) is 8.00. The van der Waals surface area contributed by atoms with Crippen LogP contribution >= 0.6 is 79.4 Å². The van der Waals surface area contributed by atoms with E-state index in [1.54, 1.807) is 24.3 Å². The maximum absolute atomic E-state index is 11.4. The third-order valence-electron chi connectivity index (χ3n) is 1.63. The summed E-state index contributed by atoms with van der Waals surface area (Å²) in [6.07, 6.45) is -0.476. The van der Waals surface area contributed by atoms with E-state index in [1.165, 1.54) is 0 Å². The first kappa shape index (κ1) is 15.8. The number of hydrogen-bond acceptors (Lipinski definition) is 2. The molecule has 0 heterocycles. The maximum Gasteiger partial charge on any atom is 0.411 e. The summed E-state index contributed by atoms with van der Waals surface area (Å²) in [7, 11) is 0. The van der Waals surface area contributed by atoms with Gasteiger partial charge in [-0.15, -0.1) is 0 Å². The molecule has 0 fully saturated rings. The van der Waals surface area contributed by atoms with Gasteiger partial charge in [0.05, 0.1) is 1.59 Å². The molecule has 0 saturated heterocycles. The van der Waals surface area contributed by atoms with Crippen LogP contribution in [-0.2, 0) is 4.74 Å². The number of hydrogen-bond donors (Lipinski definition) is 1. The fourth-order valence-electron chi connectivity index (χ4n) is 0.871. The Morgan fingerprint density at radius 1 is 1.24 bits per heavy atom. The number of anilines is 1. The van der Waals surface area contributed by atoms with Crippen LogP contribution in [0.4, 0.5) is 10.5 Å². The molecule has 0 aromatic heterocycles. The van der Waals surface area contributed by atoms with Gasteiger partial charge in [-0.05, 0) is 92.0 Å². The van der Waals surface area contributed by atoms with Crippen LogP contribution < -0.4 is 5.32 Å². The van der Waals surface area contributed by atoms with Crippen molar-refractivity contribution < 1.29 is 9.53 Å². The molecule has 1 amide bonds. The zero-order chi connectivity index (χ0) is 12.8. The first-order valence-corrected chi connectivity index (χ1v) is 7.99. The number of amides is 1. The number of carbonyl (C=O) groups is 1. The molecule has 17 heavy (non-hydrogen) atoms. The number of nitrogens with one attached hydrogen (secondary N) is 1. The molecule has 0 saturated carbocycles. The van der Waals surface area contributed by atoms with Gasteiger partial charge in [0.2, 0.25) is 0 Å². The summed E-state index contributed by atoms with van der Waals surface area (Å²) in [5.74, 6) is 0. The highest BCUT2D eigenvalue weighted by Gasteiger charge is 2.05. The SMILES string of the molecule is O=C(Nc1ccc(Cl)cc1)OCC(I)=C(I)I. The van der Waals surface area contributed by atoms with Crippen LogP contribution in [-0.4, -0.2) is 12.7 Å². The van der Waals surface area contributed by atoms with Crippen molar-refractivity contribution in [1.29, 1.82) is 0 Å². The molecule has 0 aliphatic heterocycles. The Hall–Kier alpha value is 0.710. The van der Waals surface area contributed by atoms with E-state index in [0.717, 1.165) is 5.17 Å². The highest BCUT2D eigenvalue weighted by Crippen LogP contribution is 2.25. The summed E-state index contributed by atoms with van der Waals surface area (Å²) in [5, 5.41) is 3.24. The van der Waals surface area contributed by atoms with E-state index < -0.39 is 6.09 Å². The zero-order valence-electron chi connectivity index (χ0n) is 8.34. The molecule has 92 valence electrons. The molecule has 1 aromatic carbocycles. The molecule has 3 nitrogen and oxygen atoms in total. The van der Waals surface area contributed by atoms with Gasteiger partial charge in [-0.2, -0.15) is 0 Å². The van der Waals surface area contributed by atoms with Crippen LogP contribution in [0.1, 0.15) is 0 Å². The second-order valence-electron chi connectivity index (χ2n) is 2.87. The number of benzene rings is 1. The van der Waals surface area contributed by atoms with Gasteiger partial charge >= 0.3 is 6.09 Å². The van der Waals surface area contributed by atoms with Gasteiger partial charge in [-0.1, -0.05) is 11.6 Å². The van der Waals surface area contributed by atoms with Crippen molar-refractivity contribution in [3.8, 4) is 0 Å². The smallest absolute Gasteiger partial charge is 0.411 e. The largest absolute Gasteiger partial charge is 0.444 e. The third kappa shape index (κ3) is 6.43. The molecule has 7 heteroatoms. The molecular weight excluding hydrogens is 582 g/mol. The highest BCUT2D eigenvalue weighted by molar-refractivity contribution is 14.2. The number of ether oxygens (including phenoxy) is 1. The predicted octanol–water partition coefficient (Wildman–Crippen LogP) is 5.36. The minimum Gasteiger partial charge on any atom is -0.444 e. The Balaban J connectivity index is 2.45. The predicted molar refractivity (Wildman–Crippen MR) is 95.5 cm³/mol. The molecule has 0 unspecified atom stereocenters. The number of halogens is 4. The van der Waals surface area contributed by atoms with Gasteiger partial charge in [0.15, 0.2) is 0 Å². The van der Waals surface area contributed by atoms with Gasteiger partial charge < -0.3 is 4.74 Å². The average Bonchev–Trinajstić information content (AvgIpc) is 2.29. The van der Waals surface area contributed by atoms with E-state index in [-0.39, 0.29) is 6.61 Å². The van der Waals surface area contributed by atoms with Crippen molar-refractivity contribution >= 4 is 91.2 Å². The molecule has 0 radical (unpaired) electrons. The van der Waals surface area contributed by atoms with Crippen molar-refractivity contribution in [3.63, 3.8) is 0 Å². The Morgan fingerprint density at radius 2 is 1.82 bits per heavy atom. The van der Waals surface area contributed by atoms with Crippen LogP contribution in [0.5, 0.6) is 0 Å². The zero-order valence-corrected chi connectivity index (χ0v) is 15.6. The van der Waals surface area contributed by atoms with E-state index in [0.29, 0.717) is 10.7 Å². The number of rotatable bonds is 3. The van der Waals surface area contributed by atoms with Gasteiger partial charge in [-0.25, -0.2) is 4.79 Å².